The lowest BCUT2D eigenvalue weighted by atomic mass is 10.0. The van der Waals surface area contributed by atoms with E-state index >= 15 is 0 Å². The topological polar surface area (TPSA) is 69.6 Å². The second-order valence-electron chi connectivity index (χ2n) is 4.76. The van der Waals surface area contributed by atoms with Gasteiger partial charge in [0, 0.05) is 22.5 Å². The first kappa shape index (κ1) is 15.5. The molecule has 0 saturated carbocycles. The fourth-order valence-corrected chi connectivity index (χ4v) is 2.97. The SMILES string of the molecule is CC(NC(CC(=O)O)c1cccs1)c1ccc(F)cc1O. The molecule has 2 aromatic rings. The highest BCUT2D eigenvalue weighted by atomic mass is 32.1. The Kier molecular flexibility index (Phi) is 4.93. The van der Waals surface area contributed by atoms with Crippen LogP contribution in [0.1, 0.15) is 35.9 Å². The van der Waals surface area contributed by atoms with Gasteiger partial charge in [-0.2, -0.15) is 0 Å². The molecule has 0 fully saturated rings. The first-order chi connectivity index (χ1) is 9.97. The van der Waals surface area contributed by atoms with Crippen molar-refractivity contribution in [2.24, 2.45) is 0 Å². The molecule has 4 nitrogen and oxygen atoms in total. The predicted octanol–water partition coefficient (Wildman–Crippen LogP) is 3.46. The summed E-state index contributed by atoms with van der Waals surface area (Å²) < 4.78 is 13.0. The molecular formula is C15H16FNO3S. The summed E-state index contributed by atoms with van der Waals surface area (Å²) in [4.78, 5) is 11.9. The second kappa shape index (κ2) is 6.69. The van der Waals surface area contributed by atoms with Gasteiger partial charge < -0.3 is 15.5 Å². The number of hydrogen-bond acceptors (Lipinski definition) is 4. The van der Waals surface area contributed by atoms with Gasteiger partial charge in [-0.05, 0) is 24.4 Å². The number of benzene rings is 1. The van der Waals surface area contributed by atoms with Gasteiger partial charge in [-0.1, -0.05) is 12.1 Å². The van der Waals surface area contributed by atoms with Gasteiger partial charge in [0.2, 0.25) is 0 Å². The molecule has 1 heterocycles. The molecule has 3 N–H and O–H groups in total. The van der Waals surface area contributed by atoms with E-state index in [1.165, 1.54) is 23.5 Å². The molecule has 2 unspecified atom stereocenters. The number of carboxylic acids is 1. The number of carboxylic acid groups (broad SMARTS) is 1. The van der Waals surface area contributed by atoms with Crippen molar-refractivity contribution in [3.8, 4) is 5.75 Å². The van der Waals surface area contributed by atoms with Gasteiger partial charge in [-0.25, -0.2) is 4.39 Å². The van der Waals surface area contributed by atoms with Crippen LogP contribution < -0.4 is 5.32 Å². The molecule has 1 aromatic carbocycles. The van der Waals surface area contributed by atoms with E-state index in [9.17, 15) is 14.3 Å². The Morgan fingerprint density at radius 2 is 2.19 bits per heavy atom. The molecule has 21 heavy (non-hydrogen) atoms. The Balaban J connectivity index is 2.17. The Bertz CT molecular complexity index is 615. The molecule has 112 valence electrons. The smallest absolute Gasteiger partial charge is 0.305 e. The average Bonchev–Trinajstić information content (AvgIpc) is 2.90. The number of carbonyl (C=O) groups is 1. The van der Waals surface area contributed by atoms with Crippen LogP contribution in [0.2, 0.25) is 0 Å². The third kappa shape index (κ3) is 4.03. The fraction of sp³-hybridized carbons (Fsp3) is 0.267. The molecule has 0 radical (unpaired) electrons. The number of phenolic OH excluding ortho intramolecular Hbond substituents is 1. The first-order valence-electron chi connectivity index (χ1n) is 6.47. The Morgan fingerprint density at radius 3 is 2.76 bits per heavy atom. The maximum Gasteiger partial charge on any atom is 0.305 e. The van der Waals surface area contributed by atoms with Crippen molar-refractivity contribution in [3.05, 3.63) is 52.0 Å². The van der Waals surface area contributed by atoms with Gasteiger partial charge in [-0.15, -0.1) is 11.3 Å². The Hall–Kier alpha value is -1.92. The number of phenols is 1. The van der Waals surface area contributed by atoms with Crippen LogP contribution in [0.4, 0.5) is 4.39 Å². The van der Waals surface area contributed by atoms with Gasteiger partial charge in [-0.3, -0.25) is 4.79 Å². The van der Waals surface area contributed by atoms with Gasteiger partial charge >= 0.3 is 5.97 Å². The Morgan fingerprint density at radius 1 is 1.43 bits per heavy atom. The average molecular weight is 309 g/mol. The number of thiophene rings is 1. The maximum atomic E-state index is 13.0. The molecule has 0 aliphatic rings. The van der Waals surface area contributed by atoms with Crippen molar-refractivity contribution >= 4 is 17.3 Å². The predicted molar refractivity (Wildman–Crippen MR) is 78.9 cm³/mol. The van der Waals surface area contributed by atoms with E-state index in [0.717, 1.165) is 10.9 Å². The summed E-state index contributed by atoms with van der Waals surface area (Å²) in [5, 5.41) is 23.9. The number of aliphatic carboxylic acids is 1. The monoisotopic (exact) mass is 309 g/mol. The van der Waals surface area contributed by atoms with E-state index in [4.69, 9.17) is 5.11 Å². The third-order valence-electron chi connectivity index (χ3n) is 3.18. The standard InChI is InChI=1S/C15H16FNO3S/c1-9(11-5-4-10(16)7-13(11)18)17-12(8-15(19)20)14-3-2-6-21-14/h2-7,9,12,17-18H,8H2,1H3,(H,19,20). The lowest BCUT2D eigenvalue weighted by molar-refractivity contribution is -0.137. The van der Waals surface area contributed by atoms with E-state index in [2.05, 4.69) is 5.32 Å². The molecule has 0 aliphatic heterocycles. The highest BCUT2D eigenvalue weighted by Gasteiger charge is 2.20. The van der Waals surface area contributed by atoms with Crippen molar-refractivity contribution in [2.75, 3.05) is 0 Å². The van der Waals surface area contributed by atoms with E-state index in [-0.39, 0.29) is 24.3 Å². The first-order valence-corrected chi connectivity index (χ1v) is 7.35. The molecule has 0 amide bonds. The van der Waals surface area contributed by atoms with Crippen LogP contribution in [0.25, 0.3) is 0 Å². The Labute approximate surface area is 125 Å². The minimum absolute atomic E-state index is 0.0627. The van der Waals surface area contributed by atoms with Crippen molar-refractivity contribution in [1.29, 1.82) is 0 Å². The van der Waals surface area contributed by atoms with Crippen molar-refractivity contribution in [1.82, 2.24) is 5.32 Å². The summed E-state index contributed by atoms with van der Waals surface area (Å²) in [6.45, 7) is 1.80. The quantitative estimate of drug-likeness (QED) is 0.764. The second-order valence-corrected chi connectivity index (χ2v) is 5.74. The number of halogens is 1. The molecule has 0 saturated heterocycles. The van der Waals surface area contributed by atoms with E-state index in [0.29, 0.717) is 5.56 Å². The highest BCUT2D eigenvalue weighted by molar-refractivity contribution is 7.10. The van der Waals surface area contributed by atoms with Crippen molar-refractivity contribution < 1.29 is 19.4 Å². The van der Waals surface area contributed by atoms with Gasteiger partial charge in [0.25, 0.3) is 0 Å². The fourth-order valence-electron chi connectivity index (χ4n) is 2.18. The van der Waals surface area contributed by atoms with Crippen molar-refractivity contribution in [3.63, 3.8) is 0 Å². The van der Waals surface area contributed by atoms with Crippen LogP contribution in [0, 0.1) is 5.82 Å². The van der Waals surface area contributed by atoms with E-state index in [1.807, 2.05) is 17.5 Å². The summed E-state index contributed by atoms with van der Waals surface area (Å²) >= 11 is 1.47. The van der Waals surface area contributed by atoms with Crippen LogP contribution >= 0.6 is 11.3 Å². The lowest BCUT2D eigenvalue weighted by Crippen LogP contribution is -2.26. The number of rotatable bonds is 6. The summed E-state index contributed by atoms with van der Waals surface area (Å²) in [6, 6.07) is 6.86. The van der Waals surface area contributed by atoms with Crippen LogP contribution in [-0.4, -0.2) is 16.2 Å². The molecule has 0 bridgehead atoms. The van der Waals surface area contributed by atoms with Crippen molar-refractivity contribution in [2.45, 2.75) is 25.4 Å². The molecule has 2 rings (SSSR count). The van der Waals surface area contributed by atoms with Gasteiger partial charge in [0.1, 0.15) is 11.6 Å². The molecule has 0 spiro atoms. The minimum atomic E-state index is -0.906. The van der Waals surface area contributed by atoms with Crippen LogP contribution in [0.5, 0.6) is 5.75 Å². The molecule has 2 atom stereocenters. The summed E-state index contributed by atoms with van der Waals surface area (Å²) in [5.74, 6) is -1.56. The number of hydrogen-bond donors (Lipinski definition) is 3. The third-order valence-corrected chi connectivity index (χ3v) is 4.16. The molecular weight excluding hydrogens is 293 g/mol. The van der Waals surface area contributed by atoms with E-state index < -0.39 is 11.8 Å². The minimum Gasteiger partial charge on any atom is -0.508 e. The number of aromatic hydroxyl groups is 1. The highest BCUT2D eigenvalue weighted by Crippen LogP contribution is 2.29. The molecule has 1 aromatic heterocycles. The van der Waals surface area contributed by atoms with Crippen LogP contribution in [-0.2, 0) is 4.79 Å². The number of nitrogens with one attached hydrogen (secondary N) is 1. The zero-order valence-electron chi connectivity index (χ0n) is 11.4. The lowest BCUT2D eigenvalue weighted by Gasteiger charge is -2.22. The summed E-state index contributed by atoms with van der Waals surface area (Å²) in [7, 11) is 0. The maximum absolute atomic E-state index is 13.0. The summed E-state index contributed by atoms with van der Waals surface area (Å²) in [6.07, 6.45) is -0.0627. The zero-order valence-corrected chi connectivity index (χ0v) is 12.2. The summed E-state index contributed by atoms with van der Waals surface area (Å²) in [5.41, 5.74) is 0.531. The molecule has 6 heteroatoms. The van der Waals surface area contributed by atoms with Gasteiger partial charge in [0.15, 0.2) is 0 Å². The molecule has 0 aliphatic carbocycles. The largest absolute Gasteiger partial charge is 0.508 e. The van der Waals surface area contributed by atoms with Gasteiger partial charge in [0.05, 0.1) is 12.5 Å². The zero-order chi connectivity index (χ0) is 15.4. The van der Waals surface area contributed by atoms with E-state index in [1.54, 1.807) is 6.92 Å². The van der Waals surface area contributed by atoms with Crippen LogP contribution in [0.3, 0.4) is 0 Å². The normalized spacial score (nSPS) is 13.8. The van der Waals surface area contributed by atoms with Crippen LogP contribution in [0.15, 0.2) is 35.7 Å².